The fraction of sp³-hybridized carbons (Fsp3) is 0.727. The summed E-state index contributed by atoms with van der Waals surface area (Å²) in [6.45, 7) is -1.20. The lowest BCUT2D eigenvalue weighted by atomic mass is 10.3. The summed E-state index contributed by atoms with van der Waals surface area (Å²) in [5, 5.41) is 70.4. The van der Waals surface area contributed by atoms with Gasteiger partial charge in [-0.2, -0.15) is 0 Å². The summed E-state index contributed by atoms with van der Waals surface area (Å²) >= 11 is 0. The molecule has 1 atom stereocenters. The molecule has 0 heterocycles. The zero-order valence-electron chi connectivity index (χ0n) is 11.6. The van der Waals surface area contributed by atoms with E-state index in [0.29, 0.717) is 0 Å². The fourth-order valence-electron chi connectivity index (χ4n) is 0.254. The van der Waals surface area contributed by atoms with Crippen LogP contribution in [-0.2, 0) is 4.79 Å². The highest BCUT2D eigenvalue weighted by Gasteiger charge is 1.94. The summed E-state index contributed by atoms with van der Waals surface area (Å²) in [7, 11) is 0. The molecule has 10 heteroatoms. The van der Waals surface area contributed by atoms with Crippen LogP contribution < -0.4 is 0 Å². The molecule has 0 fully saturated rings. The molecule has 0 amide bonds. The highest BCUT2D eigenvalue weighted by atomic mass is 16.4. The maximum absolute atomic E-state index is 9.74. The van der Waals surface area contributed by atoms with Gasteiger partial charge in [0.15, 0.2) is 0 Å². The van der Waals surface area contributed by atoms with Crippen LogP contribution in [0.4, 0.5) is 0 Å². The number of aliphatic carboxylic acids is 1. The smallest absolute Gasteiger partial charge is 0.328 e. The van der Waals surface area contributed by atoms with Gasteiger partial charge in [0.1, 0.15) is 0 Å². The van der Waals surface area contributed by atoms with Gasteiger partial charge >= 0.3 is 5.97 Å². The maximum Gasteiger partial charge on any atom is 0.328 e. The molecule has 0 rings (SSSR count). The molecule has 21 heavy (non-hydrogen) atoms. The van der Waals surface area contributed by atoms with Gasteiger partial charge in [0, 0.05) is 6.08 Å². The number of carboxylic acid groups (broad SMARTS) is 1. The van der Waals surface area contributed by atoms with Gasteiger partial charge in [-0.25, -0.2) is 4.79 Å². The number of carbonyl (C=O) groups is 1. The first kappa shape index (κ1) is 28.1. The number of hydrogen-bond acceptors (Lipinski definition) is 9. The zero-order chi connectivity index (χ0) is 17.5. The first-order valence-electron chi connectivity index (χ1n) is 5.76. The Morgan fingerprint density at radius 1 is 0.762 bits per heavy atom. The summed E-state index contributed by atoms with van der Waals surface area (Å²) < 4.78 is 0. The number of carboxylic acids is 1. The van der Waals surface area contributed by atoms with Crippen molar-refractivity contribution in [3.8, 4) is 0 Å². The third-order valence-corrected chi connectivity index (χ3v) is 0.948. The predicted octanol–water partition coefficient (Wildman–Crippen LogP) is -4.11. The minimum atomic E-state index is -1.14. The van der Waals surface area contributed by atoms with E-state index in [9.17, 15) is 4.79 Å². The van der Waals surface area contributed by atoms with Crippen molar-refractivity contribution < 1.29 is 50.8 Å². The molecule has 0 bridgehead atoms. The van der Waals surface area contributed by atoms with Crippen molar-refractivity contribution in [1.29, 1.82) is 0 Å². The largest absolute Gasteiger partial charge is 0.478 e. The lowest BCUT2D eigenvalue weighted by Gasteiger charge is -1.95. The normalized spacial score (nSPS) is 10.3. The monoisotopic (exact) mass is 318 g/mol. The van der Waals surface area contributed by atoms with Crippen LogP contribution in [0.2, 0.25) is 0 Å². The Balaban J connectivity index is -0.000000102. The quantitative estimate of drug-likeness (QED) is 0.217. The van der Waals surface area contributed by atoms with Crippen molar-refractivity contribution in [3.05, 3.63) is 12.2 Å². The first-order valence-corrected chi connectivity index (χ1v) is 5.76. The third-order valence-electron chi connectivity index (χ3n) is 0.948. The summed E-state index contributed by atoms with van der Waals surface area (Å²) in [6.07, 6.45) is 0.713. The van der Waals surface area contributed by atoms with E-state index >= 15 is 0 Å². The molecular weight excluding hydrogens is 292 g/mol. The van der Waals surface area contributed by atoms with Crippen LogP contribution in [0, 0.1) is 0 Å². The highest BCUT2D eigenvalue weighted by molar-refractivity contribution is 5.79. The summed E-state index contributed by atoms with van der Waals surface area (Å²) in [5.74, 6) is -1.14. The van der Waals surface area contributed by atoms with Gasteiger partial charge < -0.3 is 46.0 Å². The van der Waals surface area contributed by atoms with E-state index < -0.39 is 18.7 Å². The molecule has 10 nitrogen and oxygen atoms in total. The van der Waals surface area contributed by atoms with E-state index in [1.165, 1.54) is 0 Å². The molecule has 0 radical (unpaired) electrons. The SMILES string of the molecule is O=C(O)C=CC(O)CO.OCCO.OCCO.OCCO. The molecule has 0 spiro atoms. The molecule has 0 aliphatic rings. The average molecular weight is 318 g/mol. The summed E-state index contributed by atoms with van der Waals surface area (Å²) in [6, 6.07) is 0. The number of aliphatic hydroxyl groups is 8. The standard InChI is InChI=1S/C5H8O4.3C2H6O2/c6-3-4(7)1-2-5(8)9;3*3-1-2-4/h1-2,4,6-7H,3H2,(H,8,9);3*3-4H,1-2H2. The Morgan fingerprint density at radius 2 is 1.05 bits per heavy atom. The minimum absolute atomic E-state index is 0.125. The van der Waals surface area contributed by atoms with Gasteiger partial charge in [0.25, 0.3) is 0 Å². The van der Waals surface area contributed by atoms with E-state index in [0.717, 1.165) is 12.2 Å². The lowest BCUT2D eigenvalue weighted by molar-refractivity contribution is -0.131. The summed E-state index contributed by atoms with van der Waals surface area (Å²) in [5.41, 5.74) is 0. The number of aliphatic hydroxyl groups excluding tert-OH is 8. The van der Waals surface area contributed by atoms with E-state index in [1.807, 2.05) is 0 Å². The topological polar surface area (TPSA) is 199 Å². The van der Waals surface area contributed by atoms with Crippen molar-refractivity contribution in [2.75, 3.05) is 46.2 Å². The van der Waals surface area contributed by atoms with Crippen LogP contribution in [0.15, 0.2) is 12.2 Å². The molecule has 130 valence electrons. The van der Waals surface area contributed by atoms with Crippen LogP contribution in [0.25, 0.3) is 0 Å². The number of hydrogen-bond donors (Lipinski definition) is 9. The zero-order valence-corrected chi connectivity index (χ0v) is 11.6. The maximum atomic E-state index is 9.74. The Morgan fingerprint density at radius 3 is 1.19 bits per heavy atom. The highest BCUT2D eigenvalue weighted by Crippen LogP contribution is 1.82. The Hall–Kier alpha value is -1.11. The van der Waals surface area contributed by atoms with Crippen molar-refractivity contribution in [2.24, 2.45) is 0 Å². The molecule has 0 aromatic rings. The molecule has 0 saturated heterocycles. The van der Waals surface area contributed by atoms with Crippen LogP contribution in [0.3, 0.4) is 0 Å². The molecule has 0 saturated carbocycles. The van der Waals surface area contributed by atoms with Crippen LogP contribution in [-0.4, -0.2) is 104 Å². The van der Waals surface area contributed by atoms with E-state index in [-0.39, 0.29) is 39.6 Å². The van der Waals surface area contributed by atoms with Crippen LogP contribution >= 0.6 is 0 Å². The molecular formula is C11H26O10. The average Bonchev–Trinajstić information content (AvgIpc) is 2.53. The molecule has 0 aliphatic heterocycles. The Labute approximate surface area is 122 Å². The Bertz CT molecular complexity index is 182. The van der Waals surface area contributed by atoms with Gasteiger partial charge in [-0.1, -0.05) is 0 Å². The lowest BCUT2D eigenvalue weighted by Crippen LogP contribution is -2.08. The second-order valence-corrected chi connectivity index (χ2v) is 2.79. The van der Waals surface area contributed by atoms with Gasteiger partial charge in [-0.15, -0.1) is 0 Å². The van der Waals surface area contributed by atoms with E-state index in [2.05, 4.69) is 0 Å². The predicted molar refractivity (Wildman–Crippen MR) is 72.4 cm³/mol. The van der Waals surface area contributed by atoms with Gasteiger partial charge in [-0.05, 0) is 6.08 Å². The van der Waals surface area contributed by atoms with E-state index in [4.69, 9.17) is 46.0 Å². The molecule has 0 aliphatic carbocycles. The molecule has 0 aromatic heterocycles. The van der Waals surface area contributed by atoms with Crippen molar-refractivity contribution in [1.82, 2.24) is 0 Å². The van der Waals surface area contributed by atoms with Crippen LogP contribution in [0.5, 0.6) is 0 Å². The molecule has 0 aromatic carbocycles. The fourth-order valence-corrected chi connectivity index (χ4v) is 0.254. The van der Waals surface area contributed by atoms with E-state index in [1.54, 1.807) is 0 Å². The van der Waals surface area contributed by atoms with Crippen LogP contribution in [0.1, 0.15) is 0 Å². The Kier molecular flexibility index (Phi) is 41.9. The van der Waals surface area contributed by atoms with Gasteiger partial charge in [0.05, 0.1) is 52.4 Å². The first-order chi connectivity index (χ1) is 9.91. The van der Waals surface area contributed by atoms with Crippen molar-refractivity contribution >= 4 is 5.97 Å². The van der Waals surface area contributed by atoms with Gasteiger partial charge in [-0.3, -0.25) is 0 Å². The summed E-state index contributed by atoms with van der Waals surface area (Å²) in [4.78, 5) is 9.74. The minimum Gasteiger partial charge on any atom is -0.478 e. The van der Waals surface area contributed by atoms with Gasteiger partial charge in [0.2, 0.25) is 0 Å². The van der Waals surface area contributed by atoms with Crippen molar-refractivity contribution in [2.45, 2.75) is 6.10 Å². The number of rotatable bonds is 6. The second kappa shape index (κ2) is 31.3. The molecule has 9 N–H and O–H groups in total. The molecule has 1 unspecified atom stereocenters. The second-order valence-electron chi connectivity index (χ2n) is 2.79. The van der Waals surface area contributed by atoms with Crippen molar-refractivity contribution in [3.63, 3.8) is 0 Å². The third kappa shape index (κ3) is 68.2.